The number of rotatable bonds is 6. The molecular weight excluding hydrogens is 353 g/mol. The van der Waals surface area contributed by atoms with Crippen molar-refractivity contribution in [2.45, 2.75) is 26.2 Å². The Hall–Kier alpha value is -2.05. The van der Waals surface area contributed by atoms with Gasteiger partial charge in [0.15, 0.2) is 0 Å². The summed E-state index contributed by atoms with van der Waals surface area (Å²) < 4.78 is 44.9. The number of alkyl halides is 3. The minimum Gasteiger partial charge on any atom is -0.494 e. The van der Waals surface area contributed by atoms with Gasteiger partial charge in [0.1, 0.15) is 5.75 Å². The normalized spacial score (nSPS) is 16.4. The summed E-state index contributed by atoms with van der Waals surface area (Å²) in [5.41, 5.74) is 1.04. The first-order chi connectivity index (χ1) is 13.0. The Morgan fingerprint density at radius 3 is 2.04 bits per heavy atom. The van der Waals surface area contributed by atoms with Gasteiger partial charge in [-0.3, -0.25) is 9.80 Å². The highest BCUT2D eigenvalue weighted by Crippen LogP contribution is 2.32. The number of nitrogens with zero attached hydrogens (tertiary/aromatic N) is 2. The van der Waals surface area contributed by atoms with Gasteiger partial charge in [0.2, 0.25) is 0 Å². The summed E-state index contributed by atoms with van der Waals surface area (Å²) in [6.45, 7) is 7.03. The first kappa shape index (κ1) is 19.7. The molecule has 0 bridgehead atoms. The van der Waals surface area contributed by atoms with Crippen molar-refractivity contribution in [3.05, 3.63) is 65.2 Å². The Labute approximate surface area is 158 Å². The van der Waals surface area contributed by atoms with Crippen LogP contribution in [-0.4, -0.2) is 42.6 Å². The molecule has 0 spiro atoms. The Morgan fingerprint density at radius 2 is 1.44 bits per heavy atom. The Morgan fingerprint density at radius 1 is 0.852 bits per heavy atom. The zero-order valence-electron chi connectivity index (χ0n) is 15.5. The fraction of sp³-hybridized carbons (Fsp3) is 0.429. The number of ether oxygens (including phenoxy) is 1. The fourth-order valence-corrected chi connectivity index (χ4v) is 3.40. The molecule has 146 valence electrons. The molecule has 2 aromatic rings. The fourth-order valence-electron chi connectivity index (χ4n) is 3.40. The Balaban J connectivity index is 1.52. The van der Waals surface area contributed by atoms with Crippen LogP contribution in [-0.2, 0) is 19.3 Å². The van der Waals surface area contributed by atoms with Gasteiger partial charge in [-0.05, 0) is 36.2 Å². The number of hydrogen-bond acceptors (Lipinski definition) is 3. The van der Waals surface area contributed by atoms with Crippen LogP contribution >= 0.6 is 0 Å². The van der Waals surface area contributed by atoms with Crippen LogP contribution in [0.1, 0.15) is 23.6 Å². The maximum absolute atomic E-state index is 13.1. The third-order valence-corrected chi connectivity index (χ3v) is 4.82. The second-order valence-corrected chi connectivity index (χ2v) is 6.78. The van der Waals surface area contributed by atoms with Gasteiger partial charge in [-0.1, -0.05) is 30.3 Å². The number of piperazine rings is 1. The Kier molecular flexibility index (Phi) is 6.39. The molecule has 0 unspecified atom stereocenters. The number of benzene rings is 2. The van der Waals surface area contributed by atoms with Crippen molar-refractivity contribution in [2.75, 3.05) is 32.8 Å². The summed E-state index contributed by atoms with van der Waals surface area (Å²) in [6.07, 6.45) is -4.30. The summed E-state index contributed by atoms with van der Waals surface area (Å²) in [5.74, 6) is 0.870. The van der Waals surface area contributed by atoms with Crippen molar-refractivity contribution >= 4 is 0 Å². The van der Waals surface area contributed by atoms with Gasteiger partial charge < -0.3 is 4.74 Å². The summed E-state index contributed by atoms with van der Waals surface area (Å²) >= 11 is 0. The van der Waals surface area contributed by atoms with E-state index in [1.165, 1.54) is 11.6 Å². The smallest absolute Gasteiger partial charge is 0.416 e. The van der Waals surface area contributed by atoms with Crippen molar-refractivity contribution in [3.63, 3.8) is 0 Å². The van der Waals surface area contributed by atoms with Crippen LogP contribution in [0, 0.1) is 0 Å². The first-order valence-corrected chi connectivity index (χ1v) is 9.27. The van der Waals surface area contributed by atoms with Crippen LogP contribution in [0.3, 0.4) is 0 Å². The highest BCUT2D eigenvalue weighted by atomic mass is 19.4. The molecule has 1 aliphatic rings. The quantitative estimate of drug-likeness (QED) is 0.740. The largest absolute Gasteiger partial charge is 0.494 e. The topological polar surface area (TPSA) is 15.7 Å². The van der Waals surface area contributed by atoms with Crippen LogP contribution < -0.4 is 4.74 Å². The Bertz CT molecular complexity index is 723. The predicted molar refractivity (Wildman–Crippen MR) is 99.6 cm³/mol. The lowest BCUT2D eigenvalue weighted by molar-refractivity contribution is -0.138. The van der Waals surface area contributed by atoms with Crippen LogP contribution in [0.15, 0.2) is 48.5 Å². The van der Waals surface area contributed by atoms with Crippen molar-refractivity contribution in [1.29, 1.82) is 0 Å². The molecule has 0 aromatic heterocycles. The molecule has 0 aliphatic carbocycles. The number of hydrogen-bond donors (Lipinski definition) is 0. The van der Waals surface area contributed by atoms with Crippen LogP contribution in [0.4, 0.5) is 13.2 Å². The van der Waals surface area contributed by atoms with Gasteiger partial charge in [-0.2, -0.15) is 13.2 Å². The lowest BCUT2D eigenvalue weighted by atomic mass is 10.1. The lowest BCUT2D eigenvalue weighted by Gasteiger charge is -2.35. The summed E-state index contributed by atoms with van der Waals surface area (Å²) in [5, 5.41) is 0. The monoisotopic (exact) mass is 378 g/mol. The van der Waals surface area contributed by atoms with Gasteiger partial charge in [-0.15, -0.1) is 0 Å². The zero-order valence-corrected chi connectivity index (χ0v) is 15.5. The number of halogens is 3. The van der Waals surface area contributed by atoms with Crippen LogP contribution in [0.2, 0.25) is 0 Å². The van der Waals surface area contributed by atoms with E-state index >= 15 is 0 Å². The highest BCUT2D eigenvalue weighted by Gasteiger charge is 2.33. The third kappa shape index (κ3) is 5.47. The maximum atomic E-state index is 13.1. The molecule has 0 amide bonds. The molecule has 1 aliphatic heterocycles. The molecule has 0 radical (unpaired) electrons. The predicted octanol–water partition coefficient (Wildman–Crippen LogP) is 4.42. The van der Waals surface area contributed by atoms with Crippen LogP contribution in [0.25, 0.3) is 0 Å². The van der Waals surface area contributed by atoms with E-state index in [0.29, 0.717) is 18.7 Å². The molecule has 6 heteroatoms. The molecule has 3 rings (SSSR count). The second-order valence-electron chi connectivity index (χ2n) is 6.78. The minimum absolute atomic E-state index is 0.340. The third-order valence-electron chi connectivity index (χ3n) is 4.82. The van der Waals surface area contributed by atoms with Gasteiger partial charge >= 0.3 is 6.18 Å². The molecule has 27 heavy (non-hydrogen) atoms. The van der Waals surface area contributed by atoms with Crippen molar-refractivity contribution in [2.24, 2.45) is 0 Å². The van der Waals surface area contributed by atoms with Crippen molar-refractivity contribution in [3.8, 4) is 5.75 Å². The second kappa shape index (κ2) is 8.76. The SMILES string of the molecule is CCOc1ccc(CN2CCN(Cc3ccccc3C(F)(F)F)CC2)cc1. The van der Waals surface area contributed by atoms with Gasteiger partial charge in [0.05, 0.1) is 12.2 Å². The van der Waals surface area contributed by atoms with E-state index in [2.05, 4.69) is 21.9 Å². The average molecular weight is 378 g/mol. The molecule has 2 aromatic carbocycles. The molecule has 1 heterocycles. The summed E-state index contributed by atoms with van der Waals surface area (Å²) in [6, 6.07) is 13.9. The maximum Gasteiger partial charge on any atom is 0.416 e. The molecule has 0 atom stereocenters. The minimum atomic E-state index is -4.30. The van der Waals surface area contributed by atoms with Gasteiger partial charge in [0.25, 0.3) is 0 Å². The van der Waals surface area contributed by atoms with E-state index in [-0.39, 0.29) is 0 Å². The first-order valence-electron chi connectivity index (χ1n) is 9.27. The van der Waals surface area contributed by atoms with E-state index in [0.717, 1.165) is 44.5 Å². The lowest BCUT2D eigenvalue weighted by Crippen LogP contribution is -2.45. The van der Waals surface area contributed by atoms with Crippen LogP contribution in [0.5, 0.6) is 5.75 Å². The molecule has 0 saturated carbocycles. The summed E-state index contributed by atoms with van der Waals surface area (Å²) in [4.78, 5) is 4.43. The van der Waals surface area contributed by atoms with E-state index in [9.17, 15) is 13.2 Å². The molecule has 1 saturated heterocycles. The zero-order chi connectivity index (χ0) is 19.3. The van der Waals surface area contributed by atoms with E-state index in [4.69, 9.17) is 4.74 Å². The molecule has 3 nitrogen and oxygen atoms in total. The average Bonchev–Trinajstić information content (AvgIpc) is 2.65. The molecule has 0 N–H and O–H groups in total. The van der Waals surface area contributed by atoms with Gasteiger partial charge in [0, 0.05) is 39.3 Å². The highest BCUT2D eigenvalue weighted by molar-refractivity contribution is 5.30. The van der Waals surface area contributed by atoms with Gasteiger partial charge in [-0.25, -0.2) is 0 Å². The van der Waals surface area contributed by atoms with E-state index in [1.54, 1.807) is 12.1 Å². The standard InChI is InChI=1S/C21H25F3N2O/c1-2-27-19-9-7-17(8-10-19)15-25-11-13-26(14-12-25)16-18-5-3-4-6-20(18)21(22,23)24/h3-10H,2,11-16H2,1H3. The van der Waals surface area contributed by atoms with Crippen molar-refractivity contribution < 1.29 is 17.9 Å². The molecular formula is C21H25F3N2O. The van der Waals surface area contributed by atoms with E-state index in [1.807, 2.05) is 19.1 Å². The molecule has 1 fully saturated rings. The van der Waals surface area contributed by atoms with Crippen molar-refractivity contribution in [1.82, 2.24) is 9.80 Å². The van der Waals surface area contributed by atoms with E-state index < -0.39 is 11.7 Å². The summed E-state index contributed by atoms with van der Waals surface area (Å²) in [7, 11) is 0.